The summed E-state index contributed by atoms with van der Waals surface area (Å²) in [6, 6.07) is 15.6. The molecule has 0 saturated carbocycles. The second kappa shape index (κ2) is 27.5. The highest BCUT2D eigenvalue weighted by molar-refractivity contribution is 7.13. The highest BCUT2D eigenvalue weighted by atomic mass is 35.5. The number of anilines is 1. The molecule has 18 nitrogen and oxygen atoms in total. The molecule has 426 valence electrons. The van der Waals surface area contributed by atoms with Crippen LogP contribution in [0.5, 0.6) is 0 Å². The van der Waals surface area contributed by atoms with Gasteiger partial charge in [0.15, 0.2) is 0 Å². The van der Waals surface area contributed by atoms with Crippen LogP contribution < -0.4 is 26.6 Å². The van der Waals surface area contributed by atoms with E-state index in [9.17, 15) is 29.1 Å². The summed E-state index contributed by atoms with van der Waals surface area (Å²) in [5.41, 5.74) is 11.7. The van der Waals surface area contributed by atoms with Crippen molar-refractivity contribution in [2.24, 2.45) is 11.1 Å². The molecule has 0 aliphatic carbocycles. The van der Waals surface area contributed by atoms with Crippen LogP contribution >= 0.6 is 22.9 Å². The lowest BCUT2D eigenvalue weighted by atomic mass is 9.85. The van der Waals surface area contributed by atoms with Gasteiger partial charge in [0.05, 0.1) is 39.2 Å². The summed E-state index contributed by atoms with van der Waals surface area (Å²) >= 11 is 7.84. The minimum Gasteiger partial charge on any atom is -0.391 e. The van der Waals surface area contributed by atoms with E-state index in [0.717, 1.165) is 109 Å². The Labute approximate surface area is 474 Å². The zero-order chi connectivity index (χ0) is 56.1. The highest BCUT2D eigenvalue weighted by Crippen LogP contribution is 2.32. The van der Waals surface area contributed by atoms with Crippen LogP contribution in [-0.4, -0.2) is 145 Å². The van der Waals surface area contributed by atoms with Gasteiger partial charge in [-0.15, -0.1) is 11.3 Å². The number of thiazole rings is 1. The number of aryl methyl sites for hydroxylation is 1. The molecule has 20 heteroatoms. The molecule has 4 atom stereocenters. The number of piperidine rings is 1. The van der Waals surface area contributed by atoms with E-state index in [4.69, 9.17) is 17.3 Å². The minimum atomic E-state index is -1.02. The third-order valence-electron chi connectivity index (χ3n) is 16.0. The molecule has 5 aromatic rings. The van der Waals surface area contributed by atoms with Gasteiger partial charge in [0.2, 0.25) is 29.5 Å². The number of rotatable bonds is 24. The lowest BCUT2D eigenvalue weighted by molar-refractivity contribution is -0.144. The summed E-state index contributed by atoms with van der Waals surface area (Å²) in [7, 11) is 0. The molecular formula is C59H81ClN12O6S. The maximum Gasteiger partial charge on any atom is 0.246 e. The normalized spacial score (nSPS) is 18.6. The Morgan fingerprint density at radius 3 is 2.18 bits per heavy atom. The van der Waals surface area contributed by atoms with E-state index in [-0.39, 0.29) is 55.1 Å². The lowest BCUT2D eigenvalue weighted by Gasteiger charge is -2.39. The zero-order valence-electron chi connectivity index (χ0n) is 46.5. The number of amides is 5. The number of piperazine rings is 1. The number of nitrogens with zero attached hydrogens (tertiary/aromatic N) is 7. The van der Waals surface area contributed by atoms with E-state index < -0.39 is 29.1 Å². The zero-order valence-corrected chi connectivity index (χ0v) is 48.1. The number of benzene rings is 2. The van der Waals surface area contributed by atoms with E-state index >= 15 is 0 Å². The molecule has 7 N–H and O–H groups in total. The number of H-pyrrole nitrogens is 1. The number of likely N-dealkylation sites (tertiary alicyclic amines) is 1. The van der Waals surface area contributed by atoms with Crippen LogP contribution in [0.25, 0.3) is 21.5 Å². The van der Waals surface area contributed by atoms with Gasteiger partial charge in [-0.25, -0.2) is 15.0 Å². The lowest BCUT2D eigenvalue weighted by Crippen LogP contribution is -2.60. The number of aromatic amines is 1. The quantitative estimate of drug-likeness (QED) is 0.0331. The Bertz CT molecular complexity index is 2820. The molecule has 5 amide bonds. The number of unbranched alkanes of at least 4 members (excludes halogenated alkanes) is 7. The van der Waals surface area contributed by atoms with E-state index in [1.807, 2.05) is 98.9 Å². The molecule has 6 heterocycles. The second-order valence-electron chi connectivity index (χ2n) is 22.9. The van der Waals surface area contributed by atoms with Gasteiger partial charge in [0.1, 0.15) is 29.9 Å². The predicted molar refractivity (Wildman–Crippen MR) is 310 cm³/mol. The van der Waals surface area contributed by atoms with Gasteiger partial charge < -0.3 is 46.5 Å². The van der Waals surface area contributed by atoms with Crippen LogP contribution in [0, 0.1) is 12.3 Å². The van der Waals surface area contributed by atoms with E-state index in [0.29, 0.717) is 69.7 Å². The largest absolute Gasteiger partial charge is 0.391 e. The summed E-state index contributed by atoms with van der Waals surface area (Å²) < 4.78 is 0. The smallest absolute Gasteiger partial charge is 0.246 e. The summed E-state index contributed by atoms with van der Waals surface area (Å²) in [4.78, 5) is 93.4. The number of carbonyl (C=O) groups is 5. The van der Waals surface area contributed by atoms with Crippen molar-refractivity contribution in [3.63, 3.8) is 0 Å². The second-order valence-corrected chi connectivity index (χ2v) is 24.2. The molecule has 2 aromatic carbocycles. The molecule has 3 saturated heterocycles. The average Bonchev–Trinajstić information content (AvgIpc) is 4.26. The molecule has 0 radical (unpaired) electrons. The standard InChI is InChI=1S/C59H81ClN12O6S/c1-40-51(79-39-66-40)43-17-15-41(16-18-43)36-63-55(76)48-35-45(73)37-72(48)56(77)52(58(2,3)4)68-49(74)13-11-9-7-5-6-8-10-12-14-50(75)70-33-31-69(32-34-70)28-24-47(42-19-21-44(60)22-20-42)67-57(78)59(61)25-29-71(30-26-59)54-46-23-27-62-53(46)64-38-65-54/h15-23,27,38-39,45,47-48,52,73H,5-14,24-26,28-37,61H2,1-4H3,(H,63,76)(H,67,78)(H,68,74)(H,62,64,65)/t45-,47+,48+,52-/m1/s1. The summed E-state index contributed by atoms with van der Waals surface area (Å²) in [6.07, 6.45) is 12.8. The van der Waals surface area contributed by atoms with Gasteiger partial charge in [-0.05, 0) is 79.3 Å². The van der Waals surface area contributed by atoms with Crippen LogP contribution in [0.1, 0.15) is 134 Å². The van der Waals surface area contributed by atoms with Gasteiger partial charge in [0, 0.05) is 89.4 Å². The molecule has 3 aromatic heterocycles. The van der Waals surface area contributed by atoms with Crippen molar-refractivity contribution < 1.29 is 29.1 Å². The Morgan fingerprint density at radius 1 is 0.848 bits per heavy atom. The first-order valence-corrected chi connectivity index (χ1v) is 29.6. The molecule has 3 aliphatic heterocycles. The molecule has 0 unspecified atom stereocenters. The van der Waals surface area contributed by atoms with E-state index in [2.05, 4.69) is 45.7 Å². The number of hydrogen-bond acceptors (Lipinski definition) is 13. The van der Waals surface area contributed by atoms with Crippen molar-refractivity contribution in [1.82, 2.24) is 50.6 Å². The topological polar surface area (TPSA) is 235 Å². The van der Waals surface area contributed by atoms with E-state index in [1.54, 1.807) is 17.7 Å². The van der Waals surface area contributed by atoms with Crippen LogP contribution in [0.15, 0.2) is 72.6 Å². The molecule has 3 aliphatic rings. The maximum absolute atomic E-state index is 14.1. The summed E-state index contributed by atoms with van der Waals surface area (Å²) in [5, 5.41) is 21.5. The number of nitrogens with one attached hydrogen (secondary N) is 4. The fourth-order valence-corrected chi connectivity index (χ4v) is 12.0. The number of fused-ring (bicyclic) bond motifs is 1. The van der Waals surface area contributed by atoms with Crippen LogP contribution in [0.3, 0.4) is 0 Å². The Morgan fingerprint density at radius 2 is 1.52 bits per heavy atom. The summed E-state index contributed by atoms with van der Waals surface area (Å²) in [5.74, 6) is -0.0118. The Hall–Kier alpha value is -5.99. The Kier molecular flexibility index (Phi) is 20.6. The number of carbonyl (C=O) groups excluding carboxylic acids is 5. The molecule has 8 rings (SSSR count). The summed E-state index contributed by atoms with van der Waals surface area (Å²) in [6.45, 7) is 12.8. The number of halogens is 1. The SMILES string of the molecule is Cc1ncsc1-c1ccc(CNC(=O)[C@@H]2C[C@@H](O)CN2C(=O)[C@@H](NC(=O)CCCCCCCCCCC(=O)N2CCN(CC[C@H](NC(=O)C3(N)CCN(c4ncnc5[nH]ccc45)CC3)c3ccc(Cl)cc3)CC2)C(C)(C)C)cc1. The number of aliphatic hydroxyl groups is 1. The van der Waals surface area contributed by atoms with Crippen molar-refractivity contribution in [2.75, 3.05) is 57.3 Å². The number of aliphatic hydroxyl groups excluding tert-OH is 1. The van der Waals surface area contributed by atoms with Gasteiger partial charge in [-0.3, -0.25) is 28.9 Å². The van der Waals surface area contributed by atoms with Crippen molar-refractivity contribution in [2.45, 2.75) is 154 Å². The molecule has 0 spiro atoms. The van der Waals surface area contributed by atoms with Crippen molar-refractivity contribution in [1.29, 1.82) is 0 Å². The minimum absolute atomic E-state index is 0.0271. The van der Waals surface area contributed by atoms with Crippen LogP contribution in [0.2, 0.25) is 5.02 Å². The number of aromatic nitrogens is 4. The molecule has 3 fully saturated rings. The van der Waals surface area contributed by atoms with Gasteiger partial charge in [0.25, 0.3) is 0 Å². The number of hydrogen-bond donors (Lipinski definition) is 6. The first-order chi connectivity index (χ1) is 38.0. The fourth-order valence-electron chi connectivity index (χ4n) is 11.1. The third-order valence-corrected chi connectivity index (χ3v) is 17.3. The maximum atomic E-state index is 14.1. The highest BCUT2D eigenvalue weighted by Gasteiger charge is 2.45. The molecule has 0 bridgehead atoms. The monoisotopic (exact) mass is 1120 g/mol. The predicted octanol–water partition coefficient (Wildman–Crippen LogP) is 7.44. The Balaban J connectivity index is 0.678. The third kappa shape index (κ3) is 15.9. The van der Waals surface area contributed by atoms with Crippen molar-refractivity contribution in [3.8, 4) is 10.4 Å². The van der Waals surface area contributed by atoms with Gasteiger partial charge >= 0.3 is 0 Å². The van der Waals surface area contributed by atoms with Gasteiger partial charge in [-0.1, -0.05) is 107 Å². The fraction of sp³-hybridized carbons (Fsp3) is 0.559. The number of β-amino-alcohol motifs (C(OH)–C–C–N with tert-alkyl or cyclic N) is 1. The number of nitrogens with two attached hydrogens (primary N) is 1. The first-order valence-electron chi connectivity index (χ1n) is 28.4. The van der Waals surface area contributed by atoms with Gasteiger partial charge in [-0.2, -0.15) is 0 Å². The van der Waals surface area contributed by atoms with Crippen molar-refractivity contribution in [3.05, 3.63) is 94.5 Å². The first kappa shape index (κ1) is 59.1. The van der Waals surface area contributed by atoms with Crippen LogP contribution in [-0.2, 0) is 30.5 Å². The average molecular weight is 1120 g/mol. The molecular weight excluding hydrogens is 1040 g/mol. The molecule has 79 heavy (non-hydrogen) atoms. The van der Waals surface area contributed by atoms with Crippen molar-refractivity contribution >= 4 is 69.3 Å². The van der Waals surface area contributed by atoms with E-state index in [1.165, 1.54) is 4.90 Å². The van der Waals surface area contributed by atoms with Crippen LogP contribution in [0.4, 0.5) is 5.82 Å².